The number of aromatic nitrogens is 4. The quantitative estimate of drug-likeness (QED) is 0.354. The van der Waals surface area contributed by atoms with Crippen LogP contribution in [0.15, 0.2) is 60.8 Å². The number of benzene rings is 2. The van der Waals surface area contributed by atoms with Crippen LogP contribution in [-0.2, 0) is 25.4 Å². The number of amides is 1. The summed E-state index contributed by atoms with van der Waals surface area (Å²) in [6, 6.07) is 10.4. The van der Waals surface area contributed by atoms with Gasteiger partial charge in [0, 0.05) is 25.0 Å². The minimum absolute atomic E-state index is 0.131. The molecule has 2 aromatic carbocycles. The van der Waals surface area contributed by atoms with Crippen molar-refractivity contribution < 1.29 is 31.1 Å². The highest BCUT2D eigenvalue weighted by Crippen LogP contribution is 2.31. The highest BCUT2D eigenvalue weighted by Gasteiger charge is 2.32. The molecule has 0 saturated carbocycles. The Kier molecular flexibility index (Phi) is 6.22. The number of hydrogen-bond donors (Lipinski definition) is 0. The number of rotatable bonds is 5. The van der Waals surface area contributed by atoms with E-state index in [-0.39, 0.29) is 35.8 Å². The molecule has 35 heavy (non-hydrogen) atoms. The van der Waals surface area contributed by atoms with Crippen LogP contribution >= 0.6 is 0 Å². The first-order valence-corrected chi connectivity index (χ1v) is 10.2. The smallest absolute Gasteiger partial charge is 0.327 e. The first-order chi connectivity index (χ1) is 16.4. The van der Waals surface area contributed by atoms with Gasteiger partial charge in [0.05, 0.1) is 11.1 Å². The molecule has 0 N–H and O–H groups in total. The monoisotopic (exact) mass is 493 g/mol. The number of hydrogen-bond acceptors (Lipinski definition) is 4. The van der Waals surface area contributed by atoms with E-state index in [0.717, 1.165) is 29.2 Å². The van der Waals surface area contributed by atoms with Crippen LogP contribution in [0, 0.1) is 6.92 Å². The van der Waals surface area contributed by atoms with Crippen molar-refractivity contribution >= 4 is 11.7 Å². The average Bonchev–Trinajstić information content (AvgIpc) is 3.23. The fourth-order valence-electron chi connectivity index (χ4n) is 3.47. The predicted octanol–water partition coefficient (Wildman–Crippen LogP) is 5.31. The van der Waals surface area contributed by atoms with Crippen molar-refractivity contribution in [3.8, 4) is 0 Å². The second-order valence-corrected chi connectivity index (χ2v) is 7.79. The molecule has 0 saturated heterocycles. The molecule has 0 aliphatic carbocycles. The summed E-state index contributed by atoms with van der Waals surface area (Å²) < 4.78 is 80.3. The van der Waals surface area contributed by atoms with Crippen LogP contribution in [0.2, 0.25) is 0 Å². The molecule has 4 aromatic rings. The van der Waals surface area contributed by atoms with E-state index in [2.05, 4.69) is 15.1 Å². The summed E-state index contributed by atoms with van der Waals surface area (Å²) in [5.41, 5.74) is -0.917. The van der Waals surface area contributed by atoms with Gasteiger partial charge in [0.25, 0.3) is 11.7 Å². The lowest BCUT2D eigenvalue weighted by Gasteiger charge is -2.22. The van der Waals surface area contributed by atoms with Gasteiger partial charge >= 0.3 is 12.4 Å². The maximum Gasteiger partial charge on any atom is 0.416 e. The molecule has 1 amide bonds. The lowest BCUT2D eigenvalue weighted by atomic mass is 10.1. The van der Waals surface area contributed by atoms with Gasteiger partial charge in [-0.25, -0.2) is 9.50 Å². The standard InChI is InChI=1S/C23H17F6N5O/c1-14-8-9-30-21-31-19(32-34(14)21)20(35)33(12-15-4-2-6-17(10-15)22(24,25)26)13-16-5-3-7-18(11-16)23(27,28)29/h2-11H,12-13H2,1H3. The fraction of sp³-hybridized carbons (Fsp3) is 0.217. The Labute approximate surface area is 194 Å². The van der Waals surface area contributed by atoms with Gasteiger partial charge in [-0.1, -0.05) is 24.3 Å². The summed E-state index contributed by atoms with van der Waals surface area (Å²) in [5.74, 6) is -0.929. The Balaban J connectivity index is 1.71. The second-order valence-electron chi connectivity index (χ2n) is 7.79. The van der Waals surface area contributed by atoms with Crippen molar-refractivity contribution in [1.82, 2.24) is 24.5 Å². The molecule has 182 valence electrons. The zero-order chi connectivity index (χ0) is 25.4. The van der Waals surface area contributed by atoms with E-state index in [1.165, 1.54) is 35.0 Å². The number of carbonyl (C=O) groups is 1. The molecule has 0 aliphatic rings. The second kappa shape index (κ2) is 9.01. The molecular formula is C23H17F6N5O. The highest BCUT2D eigenvalue weighted by molar-refractivity contribution is 5.90. The number of alkyl halides is 6. The summed E-state index contributed by atoms with van der Waals surface area (Å²) in [6.07, 6.45) is -7.73. The third-order valence-electron chi connectivity index (χ3n) is 5.16. The largest absolute Gasteiger partial charge is 0.416 e. The van der Waals surface area contributed by atoms with E-state index in [4.69, 9.17) is 0 Å². The highest BCUT2D eigenvalue weighted by atomic mass is 19.4. The number of carbonyl (C=O) groups excluding carboxylic acids is 1. The van der Waals surface area contributed by atoms with Gasteiger partial charge in [-0.2, -0.15) is 31.3 Å². The molecule has 0 radical (unpaired) electrons. The molecule has 0 fully saturated rings. The summed E-state index contributed by atoms with van der Waals surface area (Å²) in [6.45, 7) is 1.07. The Bertz CT molecular complexity index is 1320. The van der Waals surface area contributed by atoms with Crippen molar-refractivity contribution in [2.75, 3.05) is 0 Å². The van der Waals surface area contributed by atoms with Crippen LogP contribution in [0.25, 0.3) is 5.78 Å². The molecule has 4 rings (SSSR count). The third kappa shape index (κ3) is 5.42. The topological polar surface area (TPSA) is 63.4 Å². The number of nitrogens with zero attached hydrogens (tertiary/aromatic N) is 5. The van der Waals surface area contributed by atoms with Gasteiger partial charge in [0.1, 0.15) is 0 Å². The van der Waals surface area contributed by atoms with Crippen molar-refractivity contribution in [2.45, 2.75) is 32.4 Å². The molecule has 0 unspecified atom stereocenters. The Morgan fingerprint density at radius 1 is 0.886 bits per heavy atom. The summed E-state index contributed by atoms with van der Waals surface area (Å²) in [4.78, 5) is 22.5. The lowest BCUT2D eigenvalue weighted by molar-refractivity contribution is -0.138. The van der Waals surface area contributed by atoms with Crippen molar-refractivity contribution in [3.63, 3.8) is 0 Å². The molecule has 0 atom stereocenters. The maximum atomic E-state index is 13.3. The molecule has 0 aliphatic heterocycles. The van der Waals surface area contributed by atoms with Gasteiger partial charge in [-0.3, -0.25) is 4.79 Å². The number of aryl methyl sites for hydroxylation is 1. The van der Waals surface area contributed by atoms with E-state index in [0.29, 0.717) is 5.69 Å². The van der Waals surface area contributed by atoms with Crippen molar-refractivity contribution in [3.05, 3.63) is 94.6 Å². The maximum absolute atomic E-state index is 13.3. The van der Waals surface area contributed by atoms with Gasteiger partial charge in [-0.15, -0.1) is 5.10 Å². The molecule has 12 heteroatoms. The molecular weight excluding hydrogens is 476 g/mol. The van der Waals surface area contributed by atoms with Crippen LogP contribution in [0.1, 0.15) is 38.6 Å². The van der Waals surface area contributed by atoms with Gasteiger partial charge in [0.15, 0.2) is 0 Å². The average molecular weight is 493 g/mol. The Morgan fingerprint density at radius 3 is 1.91 bits per heavy atom. The SMILES string of the molecule is Cc1ccnc2nc(C(=O)N(Cc3cccc(C(F)(F)F)c3)Cc3cccc(C(F)(F)F)c3)nn12. The molecule has 2 heterocycles. The van der Waals surface area contributed by atoms with Crippen LogP contribution < -0.4 is 0 Å². The Morgan fingerprint density at radius 2 is 1.43 bits per heavy atom. The molecule has 2 aromatic heterocycles. The van der Waals surface area contributed by atoms with Crippen molar-refractivity contribution in [1.29, 1.82) is 0 Å². The van der Waals surface area contributed by atoms with Crippen LogP contribution in [-0.4, -0.2) is 30.4 Å². The van der Waals surface area contributed by atoms with Crippen LogP contribution in [0.4, 0.5) is 26.3 Å². The van der Waals surface area contributed by atoms with Crippen LogP contribution in [0.3, 0.4) is 0 Å². The van der Waals surface area contributed by atoms with Gasteiger partial charge in [-0.05, 0) is 48.4 Å². The number of fused-ring (bicyclic) bond motifs is 1. The summed E-state index contributed by atoms with van der Waals surface area (Å²) in [5, 5.41) is 4.12. The normalized spacial score (nSPS) is 12.2. The van der Waals surface area contributed by atoms with E-state index >= 15 is 0 Å². The third-order valence-corrected chi connectivity index (χ3v) is 5.16. The van der Waals surface area contributed by atoms with E-state index in [1.807, 2.05) is 0 Å². The molecule has 0 bridgehead atoms. The first-order valence-electron chi connectivity index (χ1n) is 10.2. The van der Waals surface area contributed by atoms with Gasteiger partial charge in [0.2, 0.25) is 5.82 Å². The van der Waals surface area contributed by atoms with E-state index < -0.39 is 29.4 Å². The zero-order valence-electron chi connectivity index (χ0n) is 18.1. The van der Waals surface area contributed by atoms with E-state index in [9.17, 15) is 31.1 Å². The summed E-state index contributed by atoms with van der Waals surface area (Å²) >= 11 is 0. The lowest BCUT2D eigenvalue weighted by Crippen LogP contribution is -2.31. The molecule has 6 nitrogen and oxygen atoms in total. The zero-order valence-corrected chi connectivity index (χ0v) is 18.1. The Hall–Kier alpha value is -3.96. The predicted molar refractivity (Wildman–Crippen MR) is 112 cm³/mol. The van der Waals surface area contributed by atoms with Crippen molar-refractivity contribution in [2.24, 2.45) is 0 Å². The van der Waals surface area contributed by atoms with E-state index in [1.54, 1.807) is 13.0 Å². The first kappa shape index (κ1) is 24.2. The van der Waals surface area contributed by atoms with Crippen LogP contribution in [0.5, 0.6) is 0 Å². The minimum atomic E-state index is -4.60. The fourth-order valence-corrected chi connectivity index (χ4v) is 3.47. The van der Waals surface area contributed by atoms with Gasteiger partial charge < -0.3 is 4.90 Å². The minimum Gasteiger partial charge on any atom is -0.327 e. The summed E-state index contributed by atoms with van der Waals surface area (Å²) in [7, 11) is 0. The number of halogens is 6. The molecule has 0 spiro atoms.